The molecule has 0 saturated heterocycles. The summed E-state index contributed by atoms with van der Waals surface area (Å²) in [5, 5.41) is 27.0. The standard InChI is InChI=1S/C12H19NO3.C2H2O4/c1-9(14)7-13-8-10-4-5-11(15-2)12(6-10)16-3;3-1(4)2(5)6/h4-6,9,13-14H,7-8H2,1-3H3;(H,3,4)(H,5,6). The van der Waals surface area contributed by atoms with Gasteiger partial charge in [-0.2, -0.15) is 0 Å². The Kier molecular flexibility index (Phi) is 9.31. The lowest BCUT2D eigenvalue weighted by molar-refractivity contribution is -0.159. The summed E-state index contributed by atoms with van der Waals surface area (Å²) in [7, 11) is 3.23. The molecule has 8 heteroatoms. The first-order valence-electron chi connectivity index (χ1n) is 6.37. The van der Waals surface area contributed by atoms with Gasteiger partial charge in [0, 0.05) is 13.1 Å². The average Bonchev–Trinajstić information content (AvgIpc) is 2.47. The van der Waals surface area contributed by atoms with Crippen molar-refractivity contribution in [2.75, 3.05) is 20.8 Å². The largest absolute Gasteiger partial charge is 0.493 e. The average molecular weight is 315 g/mol. The fourth-order valence-corrected chi connectivity index (χ4v) is 1.42. The van der Waals surface area contributed by atoms with Crippen LogP contribution < -0.4 is 14.8 Å². The maximum Gasteiger partial charge on any atom is 0.414 e. The van der Waals surface area contributed by atoms with E-state index in [2.05, 4.69) is 5.32 Å². The topological polar surface area (TPSA) is 125 Å². The number of carboxylic acid groups (broad SMARTS) is 2. The molecule has 8 nitrogen and oxygen atoms in total. The number of ether oxygens (including phenoxy) is 2. The van der Waals surface area contributed by atoms with Crippen LogP contribution in [0.1, 0.15) is 12.5 Å². The van der Waals surface area contributed by atoms with E-state index in [1.54, 1.807) is 21.1 Å². The molecule has 1 aromatic carbocycles. The van der Waals surface area contributed by atoms with Crippen molar-refractivity contribution in [1.29, 1.82) is 0 Å². The minimum atomic E-state index is -1.82. The summed E-state index contributed by atoms with van der Waals surface area (Å²) in [5.74, 6) is -2.20. The van der Waals surface area contributed by atoms with E-state index in [4.69, 9.17) is 34.4 Å². The fourth-order valence-electron chi connectivity index (χ4n) is 1.42. The number of carboxylic acids is 2. The van der Waals surface area contributed by atoms with Gasteiger partial charge in [0.05, 0.1) is 20.3 Å². The molecular formula is C14H21NO7. The Morgan fingerprint density at radius 2 is 1.68 bits per heavy atom. The van der Waals surface area contributed by atoms with Gasteiger partial charge >= 0.3 is 11.9 Å². The highest BCUT2D eigenvalue weighted by atomic mass is 16.5. The van der Waals surface area contributed by atoms with Gasteiger partial charge in [-0.1, -0.05) is 6.07 Å². The SMILES string of the molecule is COc1ccc(CNCC(C)O)cc1OC.O=C(O)C(=O)O. The molecule has 0 aromatic heterocycles. The minimum absolute atomic E-state index is 0.333. The first kappa shape index (κ1) is 19.7. The van der Waals surface area contributed by atoms with E-state index in [9.17, 15) is 0 Å². The van der Waals surface area contributed by atoms with Crippen molar-refractivity contribution in [3.05, 3.63) is 23.8 Å². The van der Waals surface area contributed by atoms with Gasteiger partial charge in [-0.15, -0.1) is 0 Å². The first-order chi connectivity index (χ1) is 10.3. The van der Waals surface area contributed by atoms with Crippen LogP contribution in [-0.4, -0.2) is 54.1 Å². The Bertz CT molecular complexity index is 476. The molecule has 0 aliphatic heterocycles. The second-order valence-corrected chi connectivity index (χ2v) is 4.28. The van der Waals surface area contributed by atoms with Crippen molar-refractivity contribution < 1.29 is 34.4 Å². The predicted octanol–water partition coefficient (Wildman–Crippen LogP) is 0.330. The van der Waals surface area contributed by atoms with E-state index in [0.717, 1.165) is 17.1 Å². The van der Waals surface area contributed by atoms with Crippen molar-refractivity contribution >= 4 is 11.9 Å². The van der Waals surface area contributed by atoms with Gasteiger partial charge < -0.3 is 30.1 Å². The van der Waals surface area contributed by atoms with E-state index in [1.165, 1.54) is 0 Å². The second kappa shape index (κ2) is 10.4. The summed E-state index contributed by atoms with van der Waals surface area (Å²) in [5.41, 5.74) is 1.10. The summed E-state index contributed by atoms with van der Waals surface area (Å²) in [4.78, 5) is 18.2. The molecule has 0 spiro atoms. The Hall–Kier alpha value is -2.32. The summed E-state index contributed by atoms with van der Waals surface area (Å²) < 4.78 is 10.4. The lowest BCUT2D eigenvalue weighted by Crippen LogP contribution is -2.23. The van der Waals surface area contributed by atoms with E-state index >= 15 is 0 Å². The van der Waals surface area contributed by atoms with Crippen molar-refractivity contribution in [1.82, 2.24) is 5.32 Å². The van der Waals surface area contributed by atoms with Gasteiger partial charge in [0.25, 0.3) is 0 Å². The van der Waals surface area contributed by atoms with E-state index in [-0.39, 0.29) is 6.10 Å². The number of nitrogens with one attached hydrogen (secondary N) is 1. The molecule has 0 saturated carbocycles. The molecule has 1 aromatic rings. The van der Waals surface area contributed by atoms with Crippen LogP contribution in [0.15, 0.2) is 18.2 Å². The Balaban J connectivity index is 0.000000626. The number of aliphatic carboxylic acids is 2. The third kappa shape index (κ3) is 8.08. The zero-order valence-corrected chi connectivity index (χ0v) is 12.7. The highest BCUT2D eigenvalue weighted by Crippen LogP contribution is 2.27. The molecule has 0 radical (unpaired) electrons. The third-order valence-electron chi connectivity index (χ3n) is 2.40. The van der Waals surface area contributed by atoms with E-state index < -0.39 is 11.9 Å². The van der Waals surface area contributed by atoms with Crippen molar-refractivity contribution in [3.63, 3.8) is 0 Å². The number of aliphatic hydroxyl groups excluding tert-OH is 1. The highest BCUT2D eigenvalue weighted by Gasteiger charge is 2.05. The Morgan fingerprint density at radius 1 is 1.14 bits per heavy atom. The van der Waals surface area contributed by atoms with Crippen LogP contribution in [0.25, 0.3) is 0 Å². The number of hydrogen-bond acceptors (Lipinski definition) is 6. The zero-order chi connectivity index (χ0) is 17.1. The van der Waals surface area contributed by atoms with Gasteiger partial charge in [-0.25, -0.2) is 9.59 Å². The number of rotatable bonds is 6. The predicted molar refractivity (Wildman–Crippen MR) is 78.2 cm³/mol. The fraction of sp³-hybridized carbons (Fsp3) is 0.429. The molecule has 1 atom stereocenters. The molecule has 124 valence electrons. The van der Waals surface area contributed by atoms with Gasteiger partial charge in [-0.3, -0.25) is 0 Å². The molecular weight excluding hydrogens is 294 g/mol. The number of aliphatic hydroxyl groups is 1. The van der Waals surface area contributed by atoms with Crippen LogP contribution >= 0.6 is 0 Å². The molecule has 0 bridgehead atoms. The Labute approximate surface area is 128 Å². The quantitative estimate of drug-likeness (QED) is 0.553. The van der Waals surface area contributed by atoms with Gasteiger partial charge in [0.15, 0.2) is 11.5 Å². The number of benzene rings is 1. The van der Waals surface area contributed by atoms with Gasteiger partial charge in [-0.05, 0) is 24.6 Å². The summed E-state index contributed by atoms with van der Waals surface area (Å²) in [6.45, 7) is 3.03. The van der Waals surface area contributed by atoms with Crippen LogP contribution in [0.5, 0.6) is 11.5 Å². The van der Waals surface area contributed by atoms with Gasteiger partial charge in [0.2, 0.25) is 0 Å². The number of hydrogen-bond donors (Lipinski definition) is 4. The van der Waals surface area contributed by atoms with Crippen LogP contribution in [0.3, 0.4) is 0 Å². The van der Waals surface area contributed by atoms with E-state index in [1.807, 2.05) is 18.2 Å². The molecule has 0 aliphatic rings. The summed E-state index contributed by atoms with van der Waals surface area (Å²) >= 11 is 0. The van der Waals surface area contributed by atoms with Crippen LogP contribution in [-0.2, 0) is 16.1 Å². The monoisotopic (exact) mass is 315 g/mol. The van der Waals surface area contributed by atoms with Gasteiger partial charge in [0.1, 0.15) is 0 Å². The van der Waals surface area contributed by atoms with E-state index in [0.29, 0.717) is 13.1 Å². The molecule has 0 fully saturated rings. The highest BCUT2D eigenvalue weighted by molar-refractivity contribution is 6.27. The zero-order valence-electron chi connectivity index (χ0n) is 12.7. The molecule has 1 unspecified atom stereocenters. The second-order valence-electron chi connectivity index (χ2n) is 4.28. The number of carbonyl (C=O) groups is 2. The van der Waals surface area contributed by atoms with Crippen molar-refractivity contribution in [3.8, 4) is 11.5 Å². The third-order valence-corrected chi connectivity index (χ3v) is 2.40. The Morgan fingerprint density at radius 3 is 2.09 bits per heavy atom. The summed E-state index contributed by atoms with van der Waals surface area (Å²) in [6, 6.07) is 5.77. The molecule has 1 rings (SSSR count). The lowest BCUT2D eigenvalue weighted by Gasteiger charge is -2.10. The summed E-state index contributed by atoms with van der Waals surface area (Å²) in [6.07, 6.45) is -0.333. The smallest absolute Gasteiger partial charge is 0.414 e. The lowest BCUT2D eigenvalue weighted by atomic mass is 10.2. The van der Waals surface area contributed by atoms with Crippen LogP contribution in [0, 0.1) is 0 Å². The van der Waals surface area contributed by atoms with Crippen molar-refractivity contribution in [2.24, 2.45) is 0 Å². The van der Waals surface area contributed by atoms with Crippen LogP contribution in [0.2, 0.25) is 0 Å². The molecule has 0 heterocycles. The molecule has 0 aliphatic carbocycles. The maximum atomic E-state index is 9.11. The van der Waals surface area contributed by atoms with Crippen molar-refractivity contribution in [2.45, 2.75) is 19.6 Å². The molecule has 4 N–H and O–H groups in total. The number of methoxy groups -OCH3 is 2. The normalized spacial score (nSPS) is 10.9. The molecule has 0 amide bonds. The maximum absolute atomic E-state index is 9.11. The molecule has 22 heavy (non-hydrogen) atoms. The minimum Gasteiger partial charge on any atom is -0.493 e. The first-order valence-corrected chi connectivity index (χ1v) is 6.37. The van der Waals surface area contributed by atoms with Crippen LogP contribution in [0.4, 0.5) is 0 Å².